The van der Waals surface area contributed by atoms with Crippen LogP contribution in [0.25, 0.3) is 11.1 Å². The SMILES string of the molecule is CCN(Cc1cc(-c2ccc(C(C)C(=O)OC)cc2F)ccc1O)Cc1ccccc1N(C)C. The first-order valence-electron chi connectivity index (χ1n) is 11.4. The fourth-order valence-corrected chi connectivity index (χ4v) is 4.07. The molecule has 6 heteroatoms. The van der Waals surface area contributed by atoms with Gasteiger partial charge in [0, 0.05) is 44.0 Å². The third-order valence-corrected chi connectivity index (χ3v) is 6.15. The van der Waals surface area contributed by atoms with E-state index < -0.39 is 17.7 Å². The molecule has 3 aromatic rings. The van der Waals surface area contributed by atoms with Crippen molar-refractivity contribution in [3.05, 3.63) is 83.2 Å². The highest BCUT2D eigenvalue weighted by molar-refractivity contribution is 5.78. The number of phenols is 1. The van der Waals surface area contributed by atoms with Crippen LogP contribution in [0.15, 0.2) is 60.7 Å². The first-order chi connectivity index (χ1) is 16.2. The second kappa shape index (κ2) is 11.2. The lowest BCUT2D eigenvalue weighted by molar-refractivity contribution is -0.141. The van der Waals surface area contributed by atoms with Gasteiger partial charge < -0.3 is 14.7 Å². The number of anilines is 1. The zero-order valence-corrected chi connectivity index (χ0v) is 20.5. The van der Waals surface area contributed by atoms with Gasteiger partial charge in [-0.3, -0.25) is 9.69 Å². The van der Waals surface area contributed by atoms with E-state index in [4.69, 9.17) is 4.74 Å². The average molecular weight is 465 g/mol. The lowest BCUT2D eigenvalue weighted by atomic mass is 9.96. The minimum Gasteiger partial charge on any atom is -0.508 e. The Balaban J connectivity index is 1.86. The molecule has 0 spiro atoms. The van der Waals surface area contributed by atoms with E-state index in [1.165, 1.54) is 18.7 Å². The summed E-state index contributed by atoms with van der Waals surface area (Å²) in [6, 6.07) is 18.2. The number of para-hydroxylation sites is 1. The normalized spacial score (nSPS) is 12.0. The molecular formula is C28H33FN2O3. The van der Waals surface area contributed by atoms with Gasteiger partial charge in [0.15, 0.2) is 0 Å². The number of nitrogens with zero attached hydrogens (tertiary/aromatic N) is 2. The fraction of sp³-hybridized carbons (Fsp3) is 0.321. The molecule has 3 aromatic carbocycles. The Morgan fingerprint density at radius 1 is 1.03 bits per heavy atom. The van der Waals surface area contributed by atoms with Crippen LogP contribution in [0.4, 0.5) is 10.1 Å². The molecule has 5 nitrogen and oxygen atoms in total. The number of hydrogen-bond acceptors (Lipinski definition) is 5. The molecule has 1 N–H and O–H groups in total. The molecule has 0 heterocycles. The second-order valence-corrected chi connectivity index (χ2v) is 8.65. The maximum atomic E-state index is 15.0. The van der Waals surface area contributed by atoms with Crippen LogP contribution in [-0.2, 0) is 22.6 Å². The van der Waals surface area contributed by atoms with E-state index in [1.807, 2.05) is 32.3 Å². The molecule has 3 rings (SSSR count). The van der Waals surface area contributed by atoms with E-state index in [-0.39, 0.29) is 5.75 Å². The van der Waals surface area contributed by atoms with E-state index >= 15 is 4.39 Å². The fourth-order valence-electron chi connectivity index (χ4n) is 4.07. The molecule has 0 aliphatic rings. The summed E-state index contributed by atoms with van der Waals surface area (Å²) in [5, 5.41) is 10.5. The molecule has 180 valence electrons. The number of carbonyl (C=O) groups is 1. The lowest BCUT2D eigenvalue weighted by Crippen LogP contribution is -2.24. The largest absolute Gasteiger partial charge is 0.508 e. The number of benzene rings is 3. The van der Waals surface area contributed by atoms with E-state index in [2.05, 4.69) is 28.9 Å². The zero-order valence-electron chi connectivity index (χ0n) is 20.5. The van der Waals surface area contributed by atoms with Gasteiger partial charge in [0.2, 0.25) is 0 Å². The lowest BCUT2D eigenvalue weighted by Gasteiger charge is -2.25. The van der Waals surface area contributed by atoms with Crippen LogP contribution in [-0.4, -0.2) is 43.7 Å². The summed E-state index contributed by atoms with van der Waals surface area (Å²) < 4.78 is 19.8. The van der Waals surface area contributed by atoms with Crippen molar-refractivity contribution >= 4 is 11.7 Å². The average Bonchev–Trinajstić information content (AvgIpc) is 2.84. The quantitative estimate of drug-likeness (QED) is 0.420. The number of ether oxygens (including phenoxy) is 1. The molecule has 0 amide bonds. The molecule has 0 aromatic heterocycles. The summed E-state index contributed by atoms with van der Waals surface area (Å²) in [6.45, 7) is 5.81. The smallest absolute Gasteiger partial charge is 0.312 e. The highest BCUT2D eigenvalue weighted by Crippen LogP contribution is 2.31. The van der Waals surface area contributed by atoms with Gasteiger partial charge in [-0.25, -0.2) is 4.39 Å². The molecule has 0 saturated carbocycles. The van der Waals surface area contributed by atoms with Crippen LogP contribution >= 0.6 is 0 Å². The molecule has 0 bridgehead atoms. The summed E-state index contributed by atoms with van der Waals surface area (Å²) >= 11 is 0. The van der Waals surface area contributed by atoms with Crippen molar-refractivity contribution in [2.75, 3.05) is 32.6 Å². The van der Waals surface area contributed by atoms with Crippen molar-refractivity contribution in [3.8, 4) is 16.9 Å². The standard InChI is InChI=1S/C28H33FN2O3/c1-6-31(17-22-9-7-8-10-26(22)30(3)4)18-23-15-21(12-14-27(23)32)24-13-11-20(16-25(24)29)19(2)28(33)34-5/h7-16,19,32H,6,17-18H2,1-5H3. The third-order valence-electron chi connectivity index (χ3n) is 6.15. The Kier molecular flexibility index (Phi) is 8.29. The molecule has 34 heavy (non-hydrogen) atoms. The van der Waals surface area contributed by atoms with Crippen molar-refractivity contribution in [2.24, 2.45) is 0 Å². The summed E-state index contributed by atoms with van der Waals surface area (Å²) in [5.41, 5.74) is 4.74. The number of aromatic hydroxyl groups is 1. The van der Waals surface area contributed by atoms with E-state index in [9.17, 15) is 9.90 Å². The highest BCUT2D eigenvalue weighted by atomic mass is 19.1. The van der Waals surface area contributed by atoms with E-state index in [0.29, 0.717) is 23.2 Å². The van der Waals surface area contributed by atoms with E-state index in [0.717, 1.165) is 24.3 Å². The number of hydrogen-bond donors (Lipinski definition) is 1. The van der Waals surface area contributed by atoms with Gasteiger partial charge in [-0.2, -0.15) is 0 Å². The first-order valence-corrected chi connectivity index (χ1v) is 11.4. The predicted molar refractivity (Wildman–Crippen MR) is 134 cm³/mol. The van der Waals surface area contributed by atoms with Gasteiger partial charge in [-0.1, -0.05) is 43.3 Å². The highest BCUT2D eigenvalue weighted by Gasteiger charge is 2.18. The third kappa shape index (κ3) is 5.75. The topological polar surface area (TPSA) is 53.0 Å². The minimum absolute atomic E-state index is 0.180. The van der Waals surface area contributed by atoms with Crippen LogP contribution in [0, 0.1) is 5.82 Å². The number of rotatable bonds is 9. The Morgan fingerprint density at radius 3 is 2.38 bits per heavy atom. The van der Waals surface area contributed by atoms with Crippen LogP contribution in [0.2, 0.25) is 0 Å². The number of esters is 1. The van der Waals surface area contributed by atoms with Crippen LogP contribution < -0.4 is 4.90 Å². The van der Waals surface area contributed by atoms with Crippen molar-refractivity contribution in [1.82, 2.24) is 4.90 Å². The van der Waals surface area contributed by atoms with Crippen LogP contribution in [0.5, 0.6) is 5.75 Å². The molecule has 0 radical (unpaired) electrons. The molecule has 1 unspecified atom stereocenters. The molecular weight excluding hydrogens is 431 g/mol. The predicted octanol–water partition coefficient (Wildman–Crippen LogP) is 5.56. The number of phenolic OH excluding ortho intramolecular Hbond substituents is 1. The van der Waals surface area contributed by atoms with Crippen LogP contribution in [0.3, 0.4) is 0 Å². The minimum atomic E-state index is -0.549. The van der Waals surface area contributed by atoms with E-state index in [1.54, 1.807) is 31.2 Å². The summed E-state index contributed by atoms with van der Waals surface area (Å²) in [5.74, 6) is -1.20. The van der Waals surface area contributed by atoms with Crippen molar-refractivity contribution in [2.45, 2.75) is 32.9 Å². The van der Waals surface area contributed by atoms with Crippen LogP contribution in [0.1, 0.15) is 36.5 Å². The maximum absolute atomic E-state index is 15.0. The number of carbonyl (C=O) groups excluding carboxylic acids is 1. The molecule has 0 aliphatic carbocycles. The molecule has 0 saturated heterocycles. The summed E-state index contributed by atoms with van der Waals surface area (Å²) in [4.78, 5) is 16.1. The number of halogens is 1. The molecule has 1 atom stereocenters. The second-order valence-electron chi connectivity index (χ2n) is 8.65. The molecule has 0 fully saturated rings. The zero-order chi connectivity index (χ0) is 24.8. The van der Waals surface area contributed by atoms with Crippen molar-refractivity contribution in [1.29, 1.82) is 0 Å². The van der Waals surface area contributed by atoms with Gasteiger partial charge in [-0.05, 0) is 54.4 Å². The van der Waals surface area contributed by atoms with Gasteiger partial charge >= 0.3 is 5.97 Å². The monoisotopic (exact) mass is 464 g/mol. The van der Waals surface area contributed by atoms with Gasteiger partial charge in [-0.15, -0.1) is 0 Å². The Bertz CT molecular complexity index is 1150. The summed E-state index contributed by atoms with van der Waals surface area (Å²) in [6.07, 6.45) is 0. The van der Waals surface area contributed by atoms with Gasteiger partial charge in [0.05, 0.1) is 13.0 Å². The van der Waals surface area contributed by atoms with Gasteiger partial charge in [0.1, 0.15) is 11.6 Å². The maximum Gasteiger partial charge on any atom is 0.312 e. The Hall–Kier alpha value is -3.38. The van der Waals surface area contributed by atoms with Crippen molar-refractivity contribution < 1.29 is 19.0 Å². The summed E-state index contributed by atoms with van der Waals surface area (Å²) in [7, 11) is 5.37. The number of methoxy groups -OCH3 is 1. The Labute approximate surface area is 201 Å². The molecule has 0 aliphatic heterocycles. The Morgan fingerprint density at radius 2 is 1.74 bits per heavy atom. The first kappa shape index (κ1) is 25.2. The van der Waals surface area contributed by atoms with Crippen molar-refractivity contribution in [3.63, 3.8) is 0 Å². The van der Waals surface area contributed by atoms with Gasteiger partial charge in [0.25, 0.3) is 0 Å².